The summed E-state index contributed by atoms with van der Waals surface area (Å²) >= 11 is 0. The predicted octanol–water partition coefficient (Wildman–Crippen LogP) is 3.70. The first-order chi connectivity index (χ1) is 13.3. The molecule has 2 aromatic rings. The van der Waals surface area contributed by atoms with Crippen LogP contribution in [0.25, 0.3) is 10.9 Å². The number of hydrogen-bond acceptors (Lipinski definition) is 5. The van der Waals surface area contributed by atoms with Crippen LogP contribution in [-0.4, -0.2) is 72.2 Å². The number of aliphatic imine (C=N–C) groups is 1. The second-order valence-electron chi connectivity index (χ2n) is 7.22. The molecule has 0 saturated carbocycles. The highest BCUT2D eigenvalue weighted by molar-refractivity contribution is 5.85. The number of aryl methyl sites for hydroxylation is 1. The first-order valence-electron chi connectivity index (χ1n) is 9.89. The van der Waals surface area contributed by atoms with Crippen LogP contribution in [0.2, 0.25) is 0 Å². The highest BCUT2D eigenvalue weighted by atomic mass is 35.5. The molecule has 0 bridgehead atoms. The second-order valence-corrected chi connectivity index (χ2v) is 7.22. The maximum atomic E-state index is 5.40. The van der Waals surface area contributed by atoms with Crippen molar-refractivity contribution < 1.29 is 4.84 Å². The van der Waals surface area contributed by atoms with Crippen molar-refractivity contribution in [3.8, 4) is 0 Å². The number of piperazine rings is 1. The summed E-state index contributed by atoms with van der Waals surface area (Å²) in [5, 5.41) is 3.19. The molecule has 2 aliphatic rings. The largest absolute Gasteiger partial charge is 0.361 e. The molecule has 1 saturated heterocycles. The maximum Gasteiger partial charge on any atom is 0.201 e. The monoisotopic (exact) mass is 439 g/mol. The van der Waals surface area contributed by atoms with Crippen molar-refractivity contribution in [2.75, 3.05) is 39.8 Å². The van der Waals surface area contributed by atoms with E-state index in [1.165, 1.54) is 35.9 Å². The van der Waals surface area contributed by atoms with Crippen LogP contribution in [0.15, 0.2) is 47.7 Å². The highest BCUT2D eigenvalue weighted by Gasteiger charge is 2.27. The number of hydroxylamine groups is 2. The number of nitrogens with zero attached hydrogens (tertiary/aromatic N) is 4. The summed E-state index contributed by atoms with van der Waals surface area (Å²) in [6, 6.07) is 8.57. The summed E-state index contributed by atoms with van der Waals surface area (Å²) in [5.74, 6) is 0. The number of rotatable bonds is 7. The van der Waals surface area contributed by atoms with E-state index < -0.39 is 0 Å². The Labute approximate surface area is 185 Å². The Bertz CT molecular complexity index is 801. The second kappa shape index (κ2) is 11.6. The smallest absolute Gasteiger partial charge is 0.201 e. The van der Waals surface area contributed by atoms with Gasteiger partial charge in [-0.25, -0.2) is 5.06 Å². The van der Waals surface area contributed by atoms with Gasteiger partial charge in [-0.05, 0) is 43.5 Å². The molecule has 4 rings (SSSR count). The van der Waals surface area contributed by atoms with Gasteiger partial charge in [0, 0.05) is 55.7 Å². The van der Waals surface area contributed by atoms with Gasteiger partial charge < -0.3 is 9.88 Å². The SMILES string of the molecule is CON1C=CC=NC1N1CCN(CCCCc2c[nH]c3ccccc23)CC1.Cl.Cl. The zero-order valence-electron chi connectivity index (χ0n) is 16.9. The van der Waals surface area contributed by atoms with Gasteiger partial charge >= 0.3 is 0 Å². The van der Waals surface area contributed by atoms with Crippen LogP contribution in [-0.2, 0) is 11.3 Å². The van der Waals surface area contributed by atoms with Crippen molar-refractivity contribution in [1.82, 2.24) is 19.8 Å². The van der Waals surface area contributed by atoms with E-state index in [2.05, 4.69) is 50.2 Å². The summed E-state index contributed by atoms with van der Waals surface area (Å²) in [6.07, 6.45) is 11.5. The number of halogens is 2. The van der Waals surface area contributed by atoms with Crippen LogP contribution in [0, 0.1) is 0 Å². The number of nitrogens with one attached hydrogen (secondary N) is 1. The molecule has 3 heterocycles. The topological polar surface area (TPSA) is 47.1 Å². The van der Waals surface area contributed by atoms with E-state index >= 15 is 0 Å². The van der Waals surface area contributed by atoms with Crippen LogP contribution in [0.4, 0.5) is 0 Å². The number of aromatic amines is 1. The molecule has 0 amide bonds. The molecule has 0 radical (unpaired) electrons. The Morgan fingerprint density at radius 2 is 1.90 bits per heavy atom. The average Bonchev–Trinajstić information content (AvgIpc) is 3.15. The van der Waals surface area contributed by atoms with Gasteiger partial charge in [-0.3, -0.25) is 14.7 Å². The molecule has 1 fully saturated rings. The van der Waals surface area contributed by atoms with Gasteiger partial charge in [0.25, 0.3) is 0 Å². The van der Waals surface area contributed by atoms with Crippen molar-refractivity contribution in [2.45, 2.75) is 25.6 Å². The molecule has 0 spiro atoms. The standard InChI is InChI=1S/C21H29N5O.2ClH/c1-27-26-12-6-10-22-21(26)25-15-13-24(14-16-25)11-5-4-7-18-17-23-20-9-3-2-8-19(18)20;;/h2-3,6,8-10,12,17,21,23H,4-5,7,11,13-16H2,1H3;2*1H. The molecule has 1 unspecified atom stereocenters. The quantitative estimate of drug-likeness (QED) is 0.668. The molecule has 6 nitrogen and oxygen atoms in total. The molecular formula is C21H31Cl2N5O. The number of fused-ring (bicyclic) bond motifs is 1. The summed E-state index contributed by atoms with van der Waals surface area (Å²) < 4.78 is 0. The van der Waals surface area contributed by atoms with Crippen LogP contribution in [0.1, 0.15) is 18.4 Å². The molecule has 1 aromatic carbocycles. The molecule has 160 valence electrons. The Kier molecular flexibility index (Phi) is 9.46. The van der Waals surface area contributed by atoms with Gasteiger partial charge in [0.05, 0.1) is 7.11 Å². The number of H-pyrrole nitrogens is 1. The third-order valence-electron chi connectivity index (χ3n) is 5.56. The van der Waals surface area contributed by atoms with E-state index in [1.807, 2.05) is 23.6 Å². The number of unbranched alkanes of at least 4 members (excludes halogenated alkanes) is 1. The molecule has 0 aliphatic carbocycles. The fraction of sp³-hybridized carbons (Fsp3) is 0.476. The zero-order valence-corrected chi connectivity index (χ0v) is 18.5. The molecule has 1 N–H and O–H groups in total. The van der Waals surface area contributed by atoms with Crippen molar-refractivity contribution >= 4 is 41.9 Å². The Morgan fingerprint density at radius 3 is 2.69 bits per heavy atom. The van der Waals surface area contributed by atoms with E-state index in [9.17, 15) is 0 Å². The minimum Gasteiger partial charge on any atom is -0.361 e. The predicted molar refractivity (Wildman–Crippen MR) is 124 cm³/mol. The lowest BCUT2D eigenvalue weighted by atomic mass is 10.1. The van der Waals surface area contributed by atoms with E-state index in [4.69, 9.17) is 4.84 Å². The van der Waals surface area contributed by atoms with Gasteiger partial charge in [-0.2, -0.15) is 0 Å². The lowest BCUT2D eigenvalue weighted by Crippen LogP contribution is -2.54. The van der Waals surface area contributed by atoms with Crippen LogP contribution >= 0.6 is 24.8 Å². The summed E-state index contributed by atoms with van der Waals surface area (Å²) in [4.78, 5) is 18.3. The fourth-order valence-corrected chi connectivity index (χ4v) is 4.01. The number of aromatic nitrogens is 1. The van der Waals surface area contributed by atoms with Crippen LogP contribution in [0.3, 0.4) is 0 Å². The van der Waals surface area contributed by atoms with Crippen molar-refractivity contribution in [3.05, 3.63) is 48.3 Å². The molecule has 8 heteroatoms. The van der Waals surface area contributed by atoms with E-state index in [1.54, 1.807) is 7.11 Å². The molecule has 1 atom stereocenters. The van der Waals surface area contributed by atoms with Crippen molar-refractivity contribution in [1.29, 1.82) is 0 Å². The number of benzene rings is 1. The first-order valence-corrected chi connectivity index (χ1v) is 9.89. The third-order valence-corrected chi connectivity index (χ3v) is 5.56. The molecule has 2 aliphatic heterocycles. The minimum atomic E-state index is -0.0241. The minimum absolute atomic E-state index is 0. The van der Waals surface area contributed by atoms with Gasteiger partial charge in [-0.1, -0.05) is 18.2 Å². The fourth-order valence-electron chi connectivity index (χ4n) is 4.01. The summed E-state index contributed by atoms with van der Waals surface area (Å²) in [7, 11) is 1.70. The van der Waals surface area contributed by atoms with E-state index in [-0.39, 0.29) is 31.1 Å². The molecule has 29 heavy (non-hydrogen) atoms. The number of para-hydroxylation sites is 1. The average molecular weight is 440 g/mol. The van der Waals surface area contributed by atoms with Gasteiger partial charge in [0.15, 0.2) is 0 Å². The normalized spacial score (nSPS) is 19.9. The Balaban J connectivity index is 0.00000150. The number of hydrogen-bond donors (Lipinski definition) is 1. The Morgan fingerprint density at radius 1 is 1.10 bits per heavy atom. The van der Waals surface area contributed by atoms with Gasteiger partial charge in [-0.15, -0.1) is 24.8 Å². The van der Waals surface area contributed by atoms with Crippen molar-refractivity contribution in [2.24, 2.45) is 4.99 Å². The van der Waals surface area contributed by atoms with Crippen LogP contribution in [0.5, 0.6) is 0 Å². The lowest BCUT2D eigenvalue weighted by molar-refractivity contribution is -0.165. The Hall–Kier alpha value is -1.57. The maximum absolute atomic E-state index is 5.40. The van der Waals surface area contributed by atoms with E-state index in [0.717, 1.165) is 32.6 Å². The number of allylic oxidation sites excluding steroid dienone is 1. The molecular weight excluding hydrogens is 409 g/mol. The van der Waals surface area contributed by atoms with Crippen molar-refractivity contribution in [3.63, 3.8) is 0 Å². The zero-order chi connectivity index (χ0) is 18.5. The van der Waals surface area contributed by atoms with Gasteiger partial charge in [0.2, 0.25) is 6.29 Å². The summed E-state index contributed by atoms with van der Waals surface area (Å²) in [5.41, 5.74) is 2.69. The lowest BCUT2D eigenvalue weighted by Gasteiger charge is -2.41. The van der Waals surface area contributed by atoms with Gasteiger partial charge in [0.1, 0.15) is 0 Å². The van der Waals surface area contributed by atoms with E-state index in [0.29, 0.717) is 0 Å². The molecule has 1 aromatic heterocycles. The highest BCUT2D eigenvalue weighted by Crippen LogP contribution is 2.20. The summed E-state index contributed by atoms with van der Waals surface area (Å²) in [6.45, 7) is 5.43. The van der Waals surface area contributed by atoms with Crippen LogP contribution < -0.4 is 0 Å². The first kappa shape index (κ1) is 23.7. The third kappa shape index (κ3) is 5.74.